The van der Waals surface area contributed by atoms with Crippen molar-refractivity contribution in [3.63, 3.8) is 0 Å². The summed E-state index contributed by atoms with van der Waals surface area (Å²) in [6.45, 7) is 3.09. The molecule has 0 spiro atoms. The number of unbranched alkanes of at least 4 members (excludes halogenated alkanes) is 2. The lowest BCUT2D eigenvalue weighted by Gasteiger charge is -2.10. The minimum absolute atomic E-state index is 0.00417. The van der Waals surface area contributed by atoms with Crippen LogP contribution in [0.1, 0.15) is 32.6 Å². The van der Waals surface area contributed by atoms with Gasteiger partial charge in [0, 0.05) is 13.7 Å². The van der Waals surface area contributed by atoms with Crippen molar-refractivity contribution in [1.29, 1.82) is 0 Å². The molecule has 1 aliphatic heterocycles. The summed E-state index contributed by atoms with van der Waals surface area (Å²) in [5.41, 5.74) is 0.00417. The van der Waals surface area contributed by atoms with Gasteiger partial charge in [0.2, 0.25) is 0 Å². The van der Waals surface area contributed by atoms with Gasteiger partial charge in [-0.25, -0.2) is 0 Å². The molecule has 0 amide bonds. The van der Waals surface area contributed by atoms with E-state index >= 15 is 0 Å². The van der Waals surface area contributed by atoms with Crippen molar-refractivity contribution < 1.29 is 14.6 Å². The minimum Gasteiger partial charge on any atom is -0.396 e. The van der Waals surface area contributed by atoms with Crippen LogP contribution in [0.5, 0.6) is 0 Å². The Morgan fingerprint density at radius 1 is 1.38 bits per heavy atom. The van der Waals surface area contributed by atoms with Gasteiger partial charge in [0.1, 0.15) is 5.60 Å². The largest absolute Gasteiger partial charge is 0.396 e. The Morgan fingerprint density at radius 3 is 2.54 bits per heavy atom. The van der Waals surface area contributed by atoms with Crippen molar-refractivity contribution in [1.82, 2.24) is 0 Å². The van der Waals surface area contributed by atoms with Gasteiger partial charge in [-0.05, 0) is 19.8 Å². The fraction of sp³-hybridized carbons (Fsp3) is 1.00. The molecule has 1 N–H and O–H groups in total. The maximum Gasteiger partial charge on any atom is 0.118 e. The highest BCUT2D eigenvalue weighted by molar-refractivity contribution is 4.99. The van der Waals surface area contributed by atoms with Crippen LogP contribution in [-0.2, 0) is 9.47 Å². The SMILES string of the molecule is COC[C@@]1(CCCCCO)O[C@@H]1C. The van der Waals surface area contributed by atoms with Crippen LogP contribution >= 0.6 is 0 Å². The number of methoxy groups -OCH3 is 1. The van der Waals surface area contributed by atoms with Gasteiger partial charge >= 0.3 is 0 Å². The molecule has 2 atom stereocenters. The highest BCUT2D eigenvalue weighted by Gasteiger charge is 2.52. The van der Waals surface area contributed by atoms with E-state index in [4.69, 9.17) is 14.6 Å². The molecule has 1 rings (SSSR count). The van der Waals surface area contributed by atoms with Crippen molar-refractivity contribution >= 4 is 0 Å². The van der Waals surface area contributed by atoms with E-state index in [-0.39, 0.29) is 5.60 Å². The normalized spacial score (nSPS) is 32.1. The second-order valence-corrected chi connectivity index (χ2v) is 3.79. The maximum absolute atomic E-state index is 8.61. The summed E-state index contributed by atoms with van der Waals surface area (Å²) in [5.74, 6) is 0. The minimum atomic E-state index is 0.00417. The summed E-state index contributed by atoms with van der Waals surface area (Å²) in [4.78, 5) is 0. The summed E-state index contributed by atoms with van der Waals surface area (Å²) in [5, 5.41) is 8.61. The monoisotopic (exact) mass is 188 g/mol. The number of hydrogen-bond donors (Lipinski definition) is 1. The van der Waals surface area contributed by atoms with Gasteiger partial charge < -0.3 is 14.6 Å². The summed E-state index contributed by atoms with van der Waals surface area (Å²) >= 11 is 0. The second-order valence-electron chi connectivity index (χ2n) is 3.79. The molecule has 1 heterocycles. The average molecular weight is 188 g/mol. The Bertz CT molecular complexity index is 149. The smallest absolute Gasteiger partial charge is 0.118 e. The molecule has 0 saturated carbocycles. The van der Waals surface area contributed by atoms with E-state index < -0.39 is 0 Å². The van der Waals surface area contributed by atoms with Crippen LogP contribution in [0.2, 0.25) is 0 Å². The first kappa shape index (κ1) is 11.0. The standard InChI is InChI=1S/C10H20O3/c1-9-10(13-9,8-12-2)6-4-3-5-7-11/h9,11H,3-8H2,1-2H3/t9-,10-/m1/s1. The molecule has 1 saturated heterocycles. The zero-order chi connectivity index (χ0) is 9.73. The fourth-order valence-corrected chi connectivity index (χ4v) is 1.76. The highest BCUT2D eigenvalue weighted by atomic mass is 16.6. The Balaban J connectivity index is 2.11. The van der Waals surface area contributed by atoms with E-state index in [0.29, 0.717) is 19.3 Å². The molecule has 0 radical (unpaired) electrons. The summed E-state index contributed by atoms with van der Waals surface area (Å²) in [7, 11) is 1.71. The predicted molar refractivity (Wildman–Crippen MR) is 50.7 cm³/mol. The van der Waals surface area contributed by atoms with Gasteiger partial charge in [0.25, 0.3) is 0 Å². The number of aliphatic hydroxyl groups excluding tert-OH is 1. The van der Waals surface area contributed by atoms with Gasteiger partial charge in [-0.2, -0.15) is 0 Å². The lowest BCUT2D eigenvalue weighted by Crippen LogP contribution is -2.20. The number of rotatable bonds is 7. The molecule has 0 aromatic rings. The van der Waals surface area contributed by atoms with Crippen molar-refractivity contribution in [2.45, 2.75) is 44.3 Å². The Morgan fingerprint density at radius 2 is 2.08 bits per heavy atom. The number of hydrogen-bond acceptors (Lipinski definition) is 3. The van der Waals surface area contributed by atoms with E-state index in [1.807, 2.05) is 0 Å². The third-order valence-corrected chi connectivity index (χ3v) is 2.74. The zero-order valence-electron chi connectivity index (χ0n) is 8.58. The number of ether oxygens (including phenoxy) is 2. The third kappa shape index (κ3) is 2.93. The van der Waals surface area contributed by atoms with E-state index in [1.165, 1.54) is 0 Å². The molecule has 13 heavy (non-hydrogen) atoms. The van der Waals surface area contributed by atoms with Gasteiger partial charge in [-0.15, -0.1) is 0 Å². The number of epoxide rings is 1. The van der Waals surface area contributed by atoms with E-state index in [9.17, 15) is 0 Å². The Labute approximate surface area is 80.0 Å². The van der Waals surface area contributed by atoms with Crippen LogP contribution in [-0.4, -0.2) is 37.1 Å². The second kappa shape index (κ2) is 4.94. The molecule has 78 valence electrons. The molecular formula is C10H20O3. The van der Waals surface area contributed by atoms with Gasteiger partial charge in [-0.1, -0.05) is 12.8 Å². The molecule has 0 aromatic heterocycles. The van der Waals surface area contributed by atoms with Crippen LogP contribution < -0.4 is 0 Å². The van der Waals surface area contributed by atoms with E-state index in [2.05, 4.69) is 6.92 Å². The van der Waals surface area contributed by atoms with Crippen molar-refractivity contribution in [3.8, 4) is 0 Å². The highest BCUT2D eigenvalue weighted by Crippen LogP contribution is 2.40. The molecular weight excluding hydrogens is 168 g/mol. The Kier molecular flexibility index (Phi) is 4.16. The zero-order valence-corrected chi connectivity index (χ0v) is 8.58. The first-order valence-corrected chi connectivity index (χ1v) is 5.03. The lowest BCUT2D eigenvalue weighted by atomic mass is 9.99. The first-order chi connectivity index (χ1) is 6.25. The first-order valence-electron chi connectivity index (χ1n) is 5.03. The molecule has 1 fully saturated rings. The van der Waals surface area contributed by atoms with Crippen LogP contribution in [0.15, 0.2) is 0 Å². The molecule has 0 aromatic carbocycles. The third-order valence-electron chi connectivity index (χ3n) is 2.74. The molecule has 1 aliphatic rings. The summed E-state index contributed by atoms with van der Waals surface area (Å²) < 4.78 is 10.7. The average Bonchev–Trinajstić information content (AvgIpc) is 2.72. The molecule has 0 unspecified atom stereocenters. The fourth-order valence-electron chi connectivity index (χ4n) is 1.76. The van der Waals surface area contributed by atoms with Crippen LogP contribution in [0.3, 0.4) is 0 Å². The molecule has 0 bridgehead atoms. The van der Waals surface area contributed by atoms with Crippen LogP contribution in [0.25, 0.3) is 0 Å². The van der Waals surface area contributed by atoms with Crippen LogP contribution in [0, 0.1) is 0 Å². The van der Waals surface area contributed by atoms with Gasteiger partial charge in [0.15, 0.2) is 0 Å². The van der Waals surface area contributed by atoms with Crippen molar-refractivity contribution in [2.75, 3.05) is 20.3 Å². The molecule has 3 nitrogen and oxygen atoms in total. The number of aliphatic hydroxyl groups is 1. The predicted octanol–water partition coefficient (Wildman–Crippen LogP) is 1.34. The summed E-state index contributed by atoms with van der Waals surface area (Å²) in [6.07, 6.45) is 4.51. The van der Waals surface area contributed by atoms with Crippen LogP contribution in [0.4, 0.5) is 0 Å². The topological polar surface area (TPSA) is 42.0 Å². The van der Waals surface area contributed by atoms with E-state index in [0.717, 1.165) is 25.7 Å². The molecule has 3 heteroatoms. The van der Waals surface area contributed by atoms with Crippen molar-refractivity contribution in [2.24, 2.45) is 0 Å². The van der Waals surface area contributed by atoms with E-state index in [1.54, 1.807) is 7.11 Å². The molecule has 0 aliphatic carbocycles. The Hall–Kier alpha value is -0.120. The lowest BCUT2D eigenvalue weighted by molar-refractivity contribution is 0.113. The quantitative estimate of drug-likeness (QED) is 0.484. The van der Waals surface area contributed by atoms with Gasteiger partial charge in [0.05, 0.1) is 12.7 Å². The maximum atomic E-state index is 8.61. The van der Waals surface area contributed by atoms with Gasteiger partial charge in [-0.3, -0.25) is 0 Å². The summed E-state index contributed by atoms with van der Waals surface area (Å²) in [6, 6.07) is 0. The van der Waals surface area contributed by atoms with Crippen molar-refractivity contribution in [3.05, 3.63) is 0 Å².